The van der Waals surface area contributed by atoms with Gasteiger partial charge in [-0.05, 0) is 95.1 Å². The second-order valence-electron chi connectivity index (χ2n) is 11.4. The first-order valence-corrected chi connectivity index (χ1v) is 16.8. The molecule has 0 saturated heterocycles. The van der Waals surface area contributed by atoms with Crippen molar-refractivity contribution in [2.24, 2.45) is 0 Å². The number of ether oxygens (including phenoxy) is 2. The molecule has 0 amide bonds. The molecule has 2 aliphatic rings. The summed E-state index contributed by atoms with van der Waals surface area (Å²) in [6.07, 6.45) is 3.59. The lowest BCUT2D eigenvalue weighted by Crippen LogP contribution is -2.35. The number of hydrogen-bond donors (Lipinski definition) is 0. The highest BCUT2D eigenvalue weighted by Crippen LogP contribution is 2.58. The molecule has 218 valence electrons. The molecule has 9 rings (SSSR count). The third-order valence-electron chi connectivity index (χ3n) is 8.63. The first-order chi connectivity index (χ1) is 22.6. The summed E-state index contributed by atoms with van der Waals surface area (Å²) >= 11 is 0. The zero-order valence-electron chi connectivity index (χ0n) is 24.5. The van der Waals surface area contributed by atoms with Gasteiger partial charge in [0.15, 0.2) is 7.14 Å². The molecular weight excluding hydrogens is 587 g/mol. The maximum Gasteiger partial charge on any atom is 0.185 e. The van der Waals surface area contributed by atoms with E-state index in [4.69, 9.17) is 9.47 Å². The Labute approximate surface area is 266 Å². The summed E-state index contributed by atoms with van der Waals surface area (Å²) in [5, 5.41) is 1.96. The number of aromatic nitrogens is 2. The number of pyridine rings is 2. The highest BCUT2D eigenvalue weighted by molar-refractivity contribution is 7.86. The number of hydrogen-bond acceptors (Lipinski definition) is 5. The van der Waals surface area contributed by atoms with Gasteiger partial charge in [0.05, 0.1) is 22.0 Å². The molecule has 5 nitrogen and oxygen atoms in total. The highest BCUT2D eigenvalue weighted by Gasteiger charge is 2.46. The van der Waals surface area contributed by atoms with E-state index in [1.165, 1.54) is 0 Å². The van der Waals surface area contributed by atoms with E-state index < -0.39 is 7.14 Å². The van der Waals surface area contributed by atoms with Crippen LogP contribution in [0, 0.1) is 0 Å². The second-order valence-corrected chi connectivity index (χ2v) is 14.0. The topological polar surface area (TPSA) is 61.3 Å². The molecule has 0 spiro atoms. The van der Waals surface area contributed by atoms with Crippen molar-refractivity contribution < 1.29 is 14.0 Å². The van der Waals surface area contributed by atoms with Crippen molar-refractivity contribution >= 4 is 23.1 Å². The Morgan fingerprint density at radius 3 is 1.35 bits per heavy atom. The van der Waals surface area contributed by atoms with Gasteiger partial charge in [0.2, 0.25) is 0 Å². The van der Waals surface area contributed by atoms with Gasteiger partial charge < -0.3 is 14.0 Å². The number of nitrogens with zero attached hydrogens (tertiary/aromatic N) is 2. The van der Waals surface area contributed by atoms with E-state index in [9.17, 15) is 0 Å². The molecule has 0 saturated carbocycles. The third kappa shape index (κ3) is 4.21. The van der Waals surface area contributed by atoms with Gasteiger partial charge in [-0.2, -0.15) is 0 Å². The fraction of sp³-hybridized carbons (Fsp3) is 0. The normalized spacial score (nSPS) is 13.4. The van der Waals surface area contributed by atoms with Crippen molar-refractivity contribution in [2.45, 2.75) is 0 Å². The van der Waals surface area contributed by atoms with E-state index in [1.807, 2.05) is 103 Å². The van der Waals surface area contributed by atoms with Gasteiger partial charge in [-0.25, -0.2) is 0 Å². The molecule has 0 fully saturated rings. The van der Waals surface area contributed by atoms with Crippen LogP contribution in [0.2, 0.25) is 0 Å². The molecule has 0 N–H and O–H groups in total. The molecule has 2 aliphatic heterocycles. The van der Waals surface area contributed by atoms with Crippen LogP contribution in [0.1, 0.15) is 0 Å². The van der Waals surface area contributed by atoms with Gasteiger partial charge in [0.25, 0.3) is 0 Å². The summed E-state index contributed by atoms with van der Waals surface area (Å²) in [5.74, 6) is 2.30. The van der Waals surface area contributed by atoms with Crippen LogP contribution < -0.4 is 25.4 Å². The first kappa shape index (κ1) is 26.6. The molecule has 0 radical (unpaired) electrons. The zero-order chi connectivity index (χ0) is 30.7. The Bertz CT molecular complexity index is 2200. The fourth-order valence-electron chi connectivity index (χ4n) is 6.44. The van der Waals surface area contributed by atoms with Crippen molar-refractivity contribution in [3.8, 4) is 67.8 Å². The van der Waals surface area contributed by atoms with Crippen LogP contribution >= 0.6 is 7.14 Å². The molecular formula is C40H25N2O3P. The summed E-state index contributed by atoms with van der Waals surface area (Å²) in [4.78, 5) is 9.02. The van der Waals surface area contributed by atoms with Crippen LogP contribution in [-0.4, -0.2) is 9.97 Å². The van der Waals surface area contributed by atoms with Crippen molar-refractivity contribution in [3.05, 3.63) is 152 Å². The lowest BCUT2D eigenvalue weighted by atomic mass is 10.0. The molecule has 0 atom stereocenters. The Kier molecular flexibility index (Phi) is 6.02. The molecule has 2 aromatic heterocycles. The van der Waals surface area contributed by atoms with E-state index >= 15 is 4.57 Å². The largest absolute Gasteiger partial charge is 0.456 e. The minimum atomic E-state index is -3.32. The molecule has 4 heterocycles. The van der Waals surface area contributed by atoms with Crippen LogP contribution in [0.3, 0.4) is 0 Å². The summed E-state index contributed by atoms with van der Waals surface area (Å²) in [6.45, 7) is 0. The third-order valence-corrected chi connectivity index (χ3v) is 11.8. The highest BCUT2D eigenvalue weighted by atomic mass is 31.2. The Hall–Kier alpha value is -5.77. The average Bonchev–Trinajstić information content (AvgIpc) is 3.12. The average molecular weight is 613 g/mol. The monoisotopic (exact) mass is 612 g/mol. The minimum Gasteiger partial charge on any atom is -0.456 e. The summed E-state index contributed by atoms with van der Waals surface area (Å²) in [5.41, 5.74) is 7.86. The standard InChI is InChI=1S/C40H25N2O3P/c43-46-38-18-16-28(26-8-5-10-30(22-26)32-12-1-3-20-41-32)24-36(38)44-34-14-7-15-35(40(34)46)45-37-25-29(17-19-39(37)46)27-9-6-11-31(23-27)33-13-2-4-21-42-33/h1-25H. The van der Waals surface area contributed by atoms with Gasteiger partial charge >= 0.3 is 0 Å². The van der Waals surface area contributed by atoms with Crippen LogP contribution in [0.15, 0.2) is 152 Å². The fourth-order valence-corrected chi connectivity index (χ4v) is 9.45. The Morgan fingerprint density at radius 1 is 0.413 bits per heavy atom. The minimum absolute atomic E-state index is 0.561. The lowest BCUT2D eigenvalue weighted by Gasteiger charge is -2.34. The molecule has 0 bridgehead atoms. The van der Waals surface area contributed by atoms with Crippen LogP contribution in [-0.2, 0) is 4.57 Å². The van der Waals surface area contributed by atoms with Gasteiger partial charge in [0, 0.05) is 23.5 Å². The quantitative estimate of drug-likeness (QED) is 0.186. The molecule has 6 heteroatoms. The number of fused-ring (bicyclic) bond motifs is 4. The molecule has 7 aromatic rings. The van der Waals surface area contributed by atoms with Crippen molar-refractivity contribution in [1.82, 2.24) is 9.97 Å². The van der Waals surface area contributed by atoms with E-state index in [2.05, 4.69) is 46.4 Å². The van der Waals surface area contributed by atoms with Crippen LogP contribution in [0.4, 0.5) is 0 Å². The molecule has 0 aliphatic carbocycles. The molecule has 46 heavy (non-hydrogen) atoms. The predicted molar refractivity (Wildman–Crippen MR) is 183 cm³/mol. The van der Waals surface area contributed by atoms with Gasteiger partial charge in [-0.3, -0.25) is 9.97 Å². The predicted octanol–water partition coefficient (Wildman–Crippen LogP) is 9.00. The van der Waals surface area contributed by atoms with Crippen LogP contribution in [0.5, 0.6) is 23.0 Å². The van der Waals surface area contributed by atoms with Gasteiger partial charge in [-0.1, -0.05) is 66.7 Å². The van der Waals surface area contributed by atoms with Crippen molar-refractivity contribution in [1.29, 1.82) is 0 Å². The zero-order valence-corrected chi connectivity index (χ0v) is 25.4. The summed E-state index contributed by atoms with van der Waals surface area (Å²) in [6, 6.07) is 45.9. The number of rotatable bonds is 4. The van der Waals surface area contributed by atoms with Crippen molar-refractivity contribution in [2.75, 3.05) is 0 Å². The van der Waals surface area contributed by atoms with Gasteiger partial charge in [-0.15, -0.1) is 0 Å². The molecule has 0 unspecified atom stereocenters. The van der Waals surface area contributed by atoms with Crippen LogP contribution in [0.25, 0.3) is 44.8 Å². The van der Waals surface area contributed by atoms with E-state index in [1.54, 1.807) is 12.4 Å². The van der Waals surface area contributed by atoms with Gasteiger partial charge in [0.1, 0.15) is 28.3 Å². The van der Waals surface area contributed by atoms with Crippen molar-refractivity contribution in [3.63, 3.8) is 0 Å². The Balaban J connectivity index is 1.15. The lowest BCUT2D eigenvalue weighted by molar-refractivity contribution is 0.462. The molecule has 5 aromatic carbocycles. The summed E-state index contributed by atoms with van der Waals surface area (Å²) in [7, 11) is -3.32. The number of benzene rings is 5. The van der Waals surface area contributed by atoms with E-state index in [0.717, 1.165) is 44.8 Å². The maximum atomic E-state index is 15.5. The second kappa shape index (κ2) is 10.4. The SMILES string of the molecule is O=P12c3ccc(-c4cccc(-c5ccccn5)c4)cc3Oc3cccc(c31)Oc1cc(-c3cccc(-c4ccccn4)c3)ccc12. The van der Waals surface area contributed by atoms with E-state index in [-0.39, 0.29) is 0 Å². The Morgan fingerprint density at radius 2 is 0.870 bits per heavy atom. The van der Waals surface area contributed by atoms with E-state index in [0.29, 0.717) is 38.9 Å². The first-order valence-electron chi connectivity index (χ1n) is 15.1. The smallest absolute Gasteiger partial charge is 0.185 e. The summed E-state index contributed by atoms with van der Waals surface area (Å²) < 4.78 is 28.5. The maximum absolute atomic E-state index is 15.5.